The van der Waals surface area contributed by atoms with E-state index in [0.717, 1.165) is 37.2 Å². The van der Waals surface area contributed by atoms with Crippen molar-refractivity contribution >= 4 is 0 Å². The minimum absolute atomic E-state index is 0.822. The average Bonchev–Trinajstić information content (AvgIpc) is 2.71. The van der Waals surface area contributed by atoms with Gasteiger partial charge in [0.05, 0.1) is 12.8 Å². The second-order valence-electron chi connectivity index (χ2n) is 6.36. The zero-order valence-electron chi connectivity index (χ0n) is 13.3. The Balaban J connectivity index is 1.88. The van der Waals surface area contributed by atoms with Crippen LogP contribution in [0.25, 0.3) is 0 Å². The number of furan rings is 1. The molecule has 0 bridgehead atoms. The molecular weight excluding hydrogens is 248 g/mol. The SMILES string of the molecule is CCNCc1ccoc1CN1CCCC(C(C)C)CC1. The molecule has 3 heteroatoms. The van der Waals surface area contributed by atoms with E-state index < -0.39 is 0 Å². The summed E-state index contributed by atoms with van der Waals surface area (Å²) in [7, 11) is 0. The number of hydrogen-bond acceptors (Lipinski definition) is 3. The van der Waals surface area contributed by atoms with Gasteiger partial charge in [-0.25, -0.2) is 0 Å². The molecule has 114 valence electrons. The van der Waals surface area contributed by atoms with Crippen molar-refractivity contribution in [2.45, 2.75) is 53.1 Å². The molecule has 1 aromatic heterocycles. The van der Waals surface area contributed by atoms with Crippen molar-refractivity contribution < 1.29 is 4.42 Å². The Morgan fingerprint density at radius 2 is 2.20 bits per heavy atom. The zero-order valence-corrected chi connectivity index (χ0v) is 13.3. The van der Waals surface area contributed by atoms with Gasteiger partial charge in [0.15, 0.2) is 0 Å². The van der Waals surface area contributed by atoms with Gasteiger partial charge in [-0.1, -0.05) is 20.8 Å². The predicted octanol–water partition coefficient (Wildman–Crippen LogP) is 3.65. The monoisotopic (exact) mass is 278 g/mol. The van der Waals surface area contributed by atoms with Crippen LogP contribution in [0.5, 0.6) is 0 Å². The molecule has 3 nitrogen and oxygen atoms in total. The van der Waals surface area contributed by atoms with Crippen molar-refractivity contribution in [3.05, 3.63) is 23.7 Å². The molecule has 0 aliphatic carbocycles. The van der Waals surface area contributed by atoms with Crippen molar-refractivity contribution in [3.8, 4) is 0 Å². The predicted molar refractivity (Wildman–Crippen MR) is 83.5 cm³/mol. The molecule has 1 N–H and O–H groups in total. The van der Waals surface area contributed by atoms with E-state index in [9.17, 15) is 0 Å². The second-order valence-corrected chi connectivity index (χ2v) is 6.36. The molecule has 0 aromatic carbocycles. The van der Waals surface area contributed by atoms with Crippen LogP contribution in [-0.4, -0.2) is 24.5 Å². The molecular formula is C17H30N2O. The Labute approximate surface area is 123 Å². The van der Waals surface area contributed by atoms with E-state index in [1.165, 1.54) is 37.9 Å². The van der Waals surface area contributed by atoms with Crippen LogP contribution in [0.2, 0.25) is 0 Å². The normalized spacial score (nSPS) is 21.3. The molecule has 2 rings (SSSR count). The highest BCUT2D eigenvalue weighted by atomic mass is 16.3. The third kappa shape index (κ3) is 4.35. The Bertz CT molecular complexity index is 386. The van der Waals surface area contributed by atoms with Crippen LogP contribution in [-0.2, 0) is 13.1 Å². The van der Waals surface area contributed by atoms with Crippen LogP contribution in [0, 0.1) is 11.8 Å². The largest absolute Gasteiger partial charge is 0.468 e. The number of likely N-dealkylation sites (tertiary alicyclic amines) is 1. The minimum Gasteiger partial charge on any atom is -0.468 e. The van der Waals surface area contributed by atoms with E-state index in [0.29, 0.717) is 0 Å². The third-order valence-corrected chi connectivity index (χ3v) is 4.58. The van der Waals surface area contributed by atoms with Crippen LogP contribution in [0.15, 0.2) is 16.7 Å². The van der Waals surface area contributed by atoms with Gasteiger partial charge in [0.2, 0.25) is 0 Å². The highest BCUT2D eigenvalue weighted by Crippen LogP contribution is 2.25. The first-order valence-corrected chi connectivity index (χ1v) is 8.19. The average molecular weight is 278 g/mol. The number of hydrogen-bond donors (Lipinski definition) is 1. The Hall–Kier alpha value is -0.800. The maximum absolute atomic E-state index is 5.70. The Kier molecular flexibility index (Phi) is 6.11. The van der Waals surface area contributed by atoms with Crippen LogP contribution >= 0.6 is 0 Å². The molecule has 1 aliphatic heterocycles. The number of rotatable bonds is 6. The van der Waals surface area contributed by atoms with Gasteiger partial charge < -0.3 is 9.73 Å². The fourth-order valence-corrected chi connectivity index (χ4v) is 3.13. The lowest BCUT2D eigenvalue weighted by molar-refractivity contribution is 0.243. The van der Waals surface area contributed by atoms with Gasteiger partial charge >= 0.3 is 0 Å². The highest BCUT2D eigenvalue weighted by Gasteiger charge is 2.20. The fourth-order valence-electron chi connectivity index (χ4n) is 3.13. The van der Waals surface area contributed by atoms with Gasteiger partial charge in [-0.3, -0.25) is 4.90 Å². The summed E-state index contributed by atoms with van der Waals surface area (Å²) in [5.41, 5.74) is 1.32. The Morgan fingerprint density at radius 1 is 1.35 bits per heavy atom. The summed E-state index contributed by atoms with van der Waals surface area (Å²) >= 11 is 0. The van der Waals surface area contributed by atoms with Crippen LogP contribution < -0.4 is 5.32 Å². The molecule has 1 fully saturated rings. The van der Waals surface area contributed by atoms with Crippen LogP contribution in [0.3, 0.4) is 0 Å². The van der Waals surface area contributed by atoms with Gasteiger partial charge in [0.1, 0.15) is 5.76 Å². The first-order chi connectivity index (χ1) is 9.70. The van der Waals surface area contributed by atoms with E-state index in [1.54, 1.807) is 0 Å². The standard InChI is InChI=1S/C17H30N2O/c1-4-18-12-16-8-11-20-17(16)13-19-9-5-6-15(7-10-19)14(2)3/h8,11,14-15,18H,4-7,9-10,12-13H2,1-3H3. The molecule has 1 aliphatic rings. The molecule has 2 heterocycles. The molecule has 1 aromatic rings. The van der Waals surface area contributed by atoms with E-state index >= 15 is 0 Å². The molecule has 0 amide bonds. The van der Waals surface area contributed by atoms with E-state index in [-0.39, 0.29) is 0 Å². The lowest BCUT2D eigenvalue weighted by Crippen LogP contribution is -2.25. The van der Waals surface area contributed by atoms with E-state index in [4.69, 9.17) is 4.42 Å². The van der Waals surface area contributed by atoms with Gasteiger partial charge in [-0.05, 0) is 56.8 Å². The van der Waals surface area contributed by atoms with Crippen molar-refractivity contribution in [2.75, 3.05) is 19.6 Å². The lowest BCUT2D eigenvalue weighted by atomic mass is 9.89. The van der Waals surface area contributed by atoms with Gasteiger partial charge in [-0.2, -0.15) is 0 Å². The lowest BCUT2D eigenvalue weighted by Gasteiger charge is -2.20. The zero-order chi connectivity index (χ0) is 14.4. The number of nitrogens with zero attached hydrogens (tertiary/aromatic N) is 1. The maximum atomic E-state index is 5.70. The van der Waals surface area contributed by atoms with Crippen molar-refractivity contribution in [1.29, 1.82) is 0 Å². The summed E-state index contributed by atoms with van der Waals surface area (Å²) < 4.78 is 5.70. The summed E-state index contributed by atoms with van der Waals surface area (Å²) in [6.45, 7) is 12.2. The van der Waals surface area contributed by atoms with Gasteiger partial charge in [-0.15, -0.1) is 0 Å². The van der Waals surface area contributed by atoms with Crippen LogP contribution in [0.4, 0.5) is 0 Å². The summed E-state index contributed by atoms with van der Waals surface area (Å²) in [5.74, 6) is 2.87. The highest BCUT2D eigenvalue weighted by molar-refractivity contribution is 5.16. The Morgan fingerprint density at radius 3 is 2.95 bits per heavy atom. The summed E-state index contributed by atoms with van der Waals surface area (Å²) in [6, 6.07) is 2.10. The van der Waals surface area contributed by atoms with Gasteiger partial charge in [0.25, 0.3) is 0 Å². The minimum atomic E-state index is 0.822. The molecule has 1 atom stereocenters. The fraction of sp³-hybridized carbons (Fsp3) is 0.765. The van der Waals surface area contributed by atoms with Crippen molar-refractivity contribution in [2.24, 2.45) is 11.8 Å². The summed E-state index contributed by atoms with van der Waals surface area (Å²) in [5, 5.41) is 3.38. The first kappa shape index (κ1) is 15.6. The summed E-state index contributed by atoms with van der Waals surface area (Å²) in [6.07, 6.45) is 5.88. The maximum Gasteiger partial charge on any atom is 0.122 e. The molecule has 1 saturated heterocycles. The third-order valence-electron chi connectivity index (χ3n) is 4.58. The molecule has 1 unspecified atom stereocenters. The van der Waals surface area contributed by atoms with E-state index in [1.807, 2.05) is 6.26 Å². The first-order valence-electron chi connectivity index (χ1n) is 8.19. The van der Waals surface area contributed by atoms with Crippen molar-refractivity contribution in [3.63, 3.8) is 0 Å². The smallest absolute Gasteiger partial charge is 0.122 e. The van der Waals surface area contributed by atoms with Crippen molar-refractivity contribution in [1.82, 2.24) is 10.2 Å². The molecule has 0 saturated carbocycles. The molecule has 0 radical (unpaired) electrons. The van der Waals surface area contributed by atoms with Crippen LogP contribution in [0.1, 0.15) is 51.4 Å². The second kappa shape index (κ2) is 7.84. The number of nitrogens with one attached hydrogen (secondary N) is 1. The topological polar surface area (TPSA) is 28.4 Å². The quantitative estimate of drug-likeness (QED) is 0.861. The molecule has 0 spiro atoms. The summed E-state index contributed by atoms with van der Waals surface area (Å²) in [4.78, 5) is 2.57. The van der Waals surface area contributed by atoms with Gasteiger partial charge in [0, 0.05) is 12.1 Å². The molecule has 20 heavy (non-hydrogen) atoms. The van der Waals surface area contributed by atoms with E-state index in [2.05, 4.69) is 37.1 Å².